The summed E-state index contributed by atoms with van der Waals surface area (Å²) in [5, 5.41) is 5.74. The summed E-state index contributed by atoms with van der Waals surface area (Å²) in [6.07, 6.45) is 0. The summed E-state index contributed by atoms with van der Waals surface area (Å²) in [6.45, 7) is 4.03. The Bertz CT molecular complexity index is 572. The topological polar surface area (TPSA) is 75.3 Å². The molecule has 118 valence electrons. The molecule has 0 saturated heterocycles. The zero-order valence-corrected chi connectivity index (χ0v) is 14.8. The second-order valence-corrected chi connectivity index (χ2v) is 8.02. The SMILES string of the molecule is CNC(C)CNC(=O)C(C)CS(=O)(=O)c1ccc(Br)cc1. The molecule has 0 aliphatic carbocycles. The number of rotatable bonds is 7. The maximum Gasteiger partial charge on any atom is 0.223 e. The van der Waals surface area contributed by atoms with Gasteiger partial charge in [0.05, 0.1) is 10.6 Å². The van der Waals surface area contributed by atoms with Gasteiger partial charge in [0.1, 0.15) is 0 Å². The smallest absolute Gasteiger partial charge is 0.223 e. The Hall–Kier alpha value is -0.920. The highest BCUT2D eigenvalue weighted by Crippen LogP contribution is 2.17. The van der Waals surface area contributed by atoms with Gasteiger partial charge in [-0.15, -0.1) is 0 Å². The molecule has 1 rings (SSSR count). The highest BCUT2D eigenvalue weighted by atomic mass is 79.9. The molecular formula is C14H21BrN2O3S. The van der Waals surface area contributed by atoms with Crippen LogP contribution in [0.15, 0.2) is 33.6 Å². The molecule has 0 spiro atoms. The third kappa shape index (κ3) is 5.76. The summed E-state index contributed by atoms with van der Waals surface area (Å²) in [7, 11) is -1.66. The van der Waals surface area contributed by atoms with Crippen molar-refractivity contribution in [3.8, 4) is 0 Å². The Kier molecular flexibility index (Phi) is 6.83. The number of hydrogen-bond donors (Lipinski definition) is 2. The first-order valence-corrected chi connectivity index (χ1v) is 9.14. The van der Waals surface area contributed by atoms with Crippen molar-refractivity contribution in [2.24, 2.45) is 5.92 Å². The van der Waals surface area contributed by atoms with Crippen LogP contribution in [0.5, 0.6) is 0 Å². The van der Waals surface area contributed by atoms with Crippen LogP contribution >= 0.6 is 15.9 Å². The average Bonchev–Trinajstić information content (AvgIpc) is 2.44. The van der Waals surface area contributed by atoms with Crippen molar-refractivity contribution in [3.05, 3.63) is 28.7 Å². The lowest BCUT2D eigenvalue weighted by atomic mass is 10.2. The van der Waals surface area contributed by atoms with Crippen molar-refractivity contribution in [2.75, 3.05) is 19.3 Å². The van der Waals surface area contributed by atoms with E-state index >= 15 is 0 Å². The number of amides is 1. The van der Waals surface area contributed by atoms with Gasteiger partial charge in [0.15, 0.2) is 9.84 Å². The molecule has 2 N–H and O–H groups in total. The molecule has 0 aliphatic heterocycles. The molecule has 1 aromatic rings. The largest absolute Gasteiger partial charge is 0.354 e. The molecule has 5 nitrogen and oxygen atoms in total. The minimum atomic E-state index is -3.46. The summed E-state index contributed by atoms with van der Waals surface area (Å²) < 4.78 is 25.3. The van der Waals surface area contributed by atoms with E-state index in [2.05, 4.69) is 26.6 Å². The molecule has 0 heterocycles. The van der Waals surface area contributed by atoms with Crippen molar-refractivity contribution in [3.63, 3.8) is 0 Å². The van der Waals surface area contributed by atoms with Gasteiger partial charge in [0, 0.05) is 23.0 Å². The molecule has 0 saturated carbocycles. The summed E-state index contributed by atoms with van der Waals surface area (Å²) in [6, 6.07) is 6.56. The lowest BCUT2D eigenvalue weighted by molar-refractivity contribution is -0.123. The van der Waals surface area contributed by atoms with E-state index in [1.165, 1.54) is 12.1 Å². The first-order chi connectivity index (χ1) is 9.76. The maximum absolute atomic E-state index is 12.2. The Morgan fingerprint density at radius 2 is 1.81 bits per heavy atom. The van der Waals surface area contributed by atoms with Crippen molar-refractivity contribution in [1.29, 1.82) is 0 Å². The van der Waals surface area contributed by atoms with Gasteiger partial charge in [-0.05, 0) is 38.2 Å². The highest BCUT2D eigenvalue weighted by Gasteiger charge is 2.23. The van der Waals surface area contributed by atoms with Gasteiger partial charge < -0.3 is 10.6 Å². The van der Waals surface area contributed by atoms with E-state index in [9.17, 15) is 13.2 Å². The molecule has 1 amide bonds. The molecule has 0 fully saturated rings. The van der Waals surface area contributed by atoms with Gasteiger partial charge in [-0.25, -0.2) is 8.42 Å². The lowest BCUT2D eigenvalue weighted by Crippen LogP contribution is -2.40. The predicted molar refractivity (Wildman–Crippen MR) is 86.9 cm³/mol. The van der Waals surface area contributed by atoms with Gasteiger partial charge in [0.25, 0.3) is 0 Å². The van der Waals surface area contributed by atoms with Crippen molar-refractivity contribution in [1.82, 2.24) is 10.6 Å². The first-order valence-electron chi connectivity index (χ1n) is 6.69. The van der Waals surface area contributed by atoms with Crippen LogP contribution in [0.2, 0.25) is 0 Å². The number of nitrogens with one attached hydrogen (secondary N) is 2. The van der Waals surface area contributed by atoms with E-state index in [1.54, 1.807) is 26.1 Å². The summed E-state index contributed by atoms with van der Waals surface area (Å²) in [5.74, 6) is -1.05. The van der Waals surface area contributed by atoms with E-state index < -0.39 is 15.8 Å². The van der Waals surface area contributed by atoms with Crippen LogP contribution in [0.1, 0.15) is 13.8 Å². The fourth-order valence-corrected chi connectivity index (χ4v) is 3.49. The van der Waals surface area contributed by atoms with E-state index in [4.69, 9.17) is 0 Å². The zero-order valence-electron chi connectivity index (χ0n) is 12.4. The van der Waals surface area contributed by atoms with Crippen LogP contribution in [0.4, 0.5) is 0 Å². The fraction of sp³-hybridized carbons (Fsp3) is 0.500. The van der Waals surface area contributed by atoms with Crippen molar-refractivity contribution >= 4 is 31.7 Å². The first kappa shape index (κ1) is 18.1. The van der Waals surface area contributed by atoms with Gasteiger partial charge in [-0.3, -0.25) is 4.79 Å². The molecule has 2 atom stereocenters. The normalized spacial score (nSPS) is 14.5. The number of hydrogen-bond acceptors (Lipinski definition) is 4. The Morgan fingerprint density at radius 1 is 1.24 bits per heavy atom. The van der Waals surface area contributed by atoms with Crippen LogP contribution in [0.3, 0.4) is 0 Å². The Balaban J connectivity index is 2.66. The highest BCUT2D eigenvalue weighted by molar-refractivity contribution is 9.10. The standard InChI is InChI=1S/C14H21BrN2O3S/c1-10(14(18)17-8-11(2)16-3)9-21(19,20)13-6-4-12(15)5-7-13/h4-7,10-11,16H,8-9H2,1-3H3,(H,17,18). The summed E-state index contributed by atoms with van der Waals surface area (Å²) in [4.78, 5) is 12.1. The molecular weight excluding hydrogens is 356 g/mol. The molecule has 1 aromatic carbocycles. The van der Waals surface area contributed by atoms with E-state index in [-0.39, 0.29) is 22.6 Å². The minimum absolute atomic E-state index is 0.143. The summed E-state index contributed by atoms with van der Waals surface area (Å²) >= 11 is 3.26. The number of benzene rings is 1. The Labute approximate surface area is 134 Å². The summed E-state index contributed by atoms with van der Waals surface area (Å²) in [5.41, 5.74) is 0. The van der Waals surface area contributed by atoms with Crippen molar-refractivity contribution in [2.45, 2.75) is 24.8 Å². The van der Waals surface area contributed by atoms with Crippen LogP contribution in [0, 0.1) is 5.92 Å². The lowest BCUT2D eigenvalue weighted by Gasteiger charge is -2.15. The van der Waals surface area contributed by atoms with E-state index in [0.29, 0.717) is 6.54 Å². The quantitative estimate of drug-likeness (QED) is 0.757. The van der Waals surface area contributed by atoms with Crippen LogP contribution in [0.25, 0.3) is 0 Å². The molecule has 21 heavy (non-hydrogen) atoms. The minimum Gasteiger partial charge on any atom is -0.354 e. The van der Waals surface area contributed by atoms with Crippen molar-refractivity contribution < 1.29 is 13.2 Å². The zero-order chi connectivity index (χ0) is 16.0. The average molecular weight is 377 g/mol. The van der Waals surface area contributed by atoms with Crippen LogP contribution in [-0.2, 0) is 14.6 Å². The third-order valence-electron chi connectivity index (χ3n) is 3.17. The molecule has 7 heteroatoms. The molecule has 0 bridgehead atoms. The number of halogens is 1. The van der Waals surface area contributed by atoms with Crippen LogP contribution < -0.4 is 10.6 Å². The number of sulfone groups is 1. The van der Waals surface area contributed by atoms with Crippen LogP contribution in [-0.4, -0.2) is 39.7 Å². The second-order valence-electron chi connectivity index (χ2n) is 5.07. The molecule has 0 aliphatic rings. The Morgan fingerprint density at radius 3 is 2.33 bits per heavy atom. The van der Waals surface area contributed by atoms with Gasteiger partial charge in [-0.2, -0.15) is 0 Å². The predicted octanol–water partition coefficient (Wildman–Crippen LogP) is 1.58. The molecule has 0 aromatic heterocycles. The number of carbonyl (C=O) groups excluding carboxylic acids is 1. The van der Waals surface area contributed by atoms with Gasteiger partial charge >= 0.3 is 0 Å². The maximum atomic E-state index is 12.2. The molecule has 2 unspecified atom stereocenters. The fourth-order valence-electron chi connectivity index (χ4n) is 1.67. The third-order valence-corrected chi connectivity index (χ3v) is 5.62. The number of likely N-dealkylation sites (N-methyl/N-ethyl adjacent to an activating group) is 1. The van der Waals surface area contributed by atoms with Gasteiger partial charge in [0.2, 0.25) is 5.91 Å². The monoisotopic (exact) mass is 376 g/mol. The molecule has 0 radical (unpaired) electrons. The van der Waals surface area contributed by atoms with E-state index in [0.717, 1.165) is 4.47 Å². The van der Waals surface area contributed by atoms with E-state index in [1.807, 2.05) is 6.92 Å². The number of carbonyl (C=O) groups is 1. The van der Waals surface area contributed by atoms with Gasteiger partial charge in [-0.1, -0.05) is 22.9 Å². The second kappa shape index (κ2) is 7.91.